The molecule has 162 valence electrons. The molecule has 6 heteroatoms. The maximum atomic E-state index is 12.2. The Morgan fingerprint density at radius 2 is 1.63 bits per heavy atom. The number of hydrogen-bond acceptors (Lipinski definition) is 5. The minimum atomic E-state index is -0.923. The normalized spacial score (nSPS) is 16.0. The Bertz CT molecular complexity index is 768. The van der Waals surface area contributed by atoms with E-state index in [0.29, 0.717) is 12.3 Å². The van der Waals surface area contributed by atoms with Crippen molar-refractivity contribution in [3.8, 4) is 0 Å². The summed E-state index contributed by atoms with van der Waals surface area (Å²) in [5.41, 5.74) is 1.62. The van der Waals surface area contributed by atoms with Crippen LogP contribution in [-0.2, 0) is 16.1 Å². The largest absolute Gasteiger partial charge is 0.441 e. The maximum absolute atomic E-state index is 12.2. The molecule has 2 aromatic rings. The molecule has 0 saturated heterocycles. The van der Waals surface area contributed by atoms with Crippen LogP contribution >= 0.6 is 0 Å². The quantitative estimate of drug-likeness (QED) is 0.485. The molecule has 0 aliphatic carbocycles. The zero-order chi connectivity index (χ0) is 21.9. The van der Waals surface area contributed by atoms with Crippen molar-refractivity contribution in [1.29, 1.82) is 0 Å². The third-order valence-electron chi connectivity index (χ3n) is 5.10. The number of para-hydroxylation sites is 1. The summed E-state index contributed by atoms with van der Waals surface area (Å²) in [5, 5.41) is 23.8. The smallest absolute Gasteiger partial charge is 0.412 e. The first-order valence-electron chi connectivity index (χ1n) is 10.1. The number of hydrogen-bond donors (Lipinski definition) is 3. The number of aliphatic hydroxyl groups excluding tert-OH is 2. The SMILES string of the molecule is C=C[C@H](OC(=O)Nc1ccccc1)[C@H](C)[C@H](O)[C@@H](C)[C@H](O)COCc1ccccc1. The van der Waals surface area contributed by atoms with Crippen LogP contribution in [-0.4, -0.2) is 41.2 Å². The molecule has 0 heterocycles. The van der Waals surface area contributed by atoms with Crippen molar-refractivity contribution in [2.24, 2.45) is 11.8 Å². The molecular formula is C24H31NO5. The van der Waals surface area contributed by atoms with Gasteiger partial charge in [0.05, 0.1) is 25.4 Å². The number of amides is 1. The van der Waals surface area contributed by atoms with Crippen molar-refractivity contribution < 1.29 is 24.5 Å². The predicted octanol–water partition coefficient (Wildman–Crippen LogP) is 4.00. The summed E-state index contributed by atoms with van der Waals surface area (Å²) in [6.07, 6.45) is -1.67. The van der Waals surface area contributed by atoms with Gasteiger partial charge in [-0.15, -0.1) is 0 Å². The van der Waals surface area contributed by atoms with Gasteiger partial charge < -0.3 is 19.7 Å². The minimum Gasteiger partial charge on any atom is -0.441 e. The summed E-state index contributed by atoms with van der Waals surface area (Å²) in [4.78, 5) is 12.2. The van der Waals surface area contributed by atoms with E-state index in [1.54, 1.807) is 38.1 Å². The fraction of sp³-hybridized carbons (Fsp3) is 0.375. The van der Waals surface area contributed by atoms with Crippen molar-refractivity contribution in [3.63, 3.8) is 0 Å². The molecule has 3 N–H and O–H groups in total. The number of benzene rings is 2. The van der Waals surface area contributed by atoms with Gasteiger partial charge in [0.1, 0.15) is 6.10 Å². The molecule has 0 bridgehead atoms. The van der Waals surface area contributed by atoms with Gasteiger partial charge in [0, 0.05) is 17.5 Å². The van der Waals surface area contributed by atoms with Crippen LogP contribution < -0.4 is 5.32 Å². The summed E-state index contributed by atoms with van der Waals surface area (Å²) >= 11 is 0. The molecule has 0 spiro atoms. The molecule has 0 radical (unpaired) electrons. The average Bonchev–Trinajstić information content (AvgIpc) is 2.77. The van der Waals surface area contributed by atoms with E-state index in [1.807, 2.05) is 36.4 Å². The van der Waals surface area contributed by atoms with Crippen molar-refractivity contribution in [2.45, 2.75) is 38.8 Å². The lowest BCUT2D eigenvalue weighted by molar-refractivity contribution is -0.0638. The summed E-state index contributed by atoms with van der Waals surface area (Å²) in [6, 6.07) is 18.6. The van der Waals surface area contributed by atoms with Gasteiger partial charge in [-0.2, -0.15) is 0 Å². The Morgan fingerprint density at radius 3 is 2.23 bits per heavy atom. The van der Waals surface area contributed by atoms with Crippen molar-refractivity contribution in [1.82, 2.24) is 0 Å². The summed E-state index contributed by atoms with van der Waals surface area (Å²) in [6.45, 7) is 7.67. The van der Waals surface area contributed by atoms with E-state index < -0.39 is 36.2 Å². The number of carbonyl (C=O) groups excluding carboxylic acids is 1. The second-order valence-corrected chi connectivity index (χ2v) is 7.37. The third kappa shape index (κ3) is 7.30. The Hall–Kier alpha value is -2.67. The molecule has 2 aromatic carbocycles. The molecular weight excluding hydrogens is 382 g/mol. The van der Waals surface area contributed by atoms with Crippen LogP contribution in [0.25, 0.3) is 0 Å². The van der Waals surface area contributed by atoms with E-state index in [-0.39, 0.29) is 6.61 Å². The predicted molar refractivity (Wildman–Crippen MR) is 117 cm³/mol. The van der Waals surface area contributed by atoms with E-state index in [4.69, 9.17) is 9.47 Å². The maximum Gasteiger partial charge on any atom is 0.412 e. The van der Waals surface area contributed by atoms with Crippen LogP contribution in [0.2, 0.25) is 0 Å². The molecule has 0 unspecified atom stereocenters. The van der Waals surface area contributed by atoms with E-state index in [0.717, 1.165) is 5.56 Å². The van der Waals surface area contributed by atoms with Gasteiger partial charge in [0.2, 0.25) is 0 Å². The third-order valence-corrected chi connectivity index (χ3v) is 5.10. The first-order chi connectivity index (χ1) is 14.4. The zero-order valence-corrected chi connectivity index (χ0v) is 17.5. The lowest BCUT2D eigenvalue weighted by atomic mass is 9.86. The summed E-state index contributed by atoms with van der Waals surface area (Å²) in [5.74, 6) is -0.957. The van der Waals surface area contributed by atoms with Crippen molar-refractivity contribution >= 4 is 11.8 Å². The van der Waals surface area contributed by atoms with Crippen LogP contribution in [0, 0.1) is 11.8 Å². The first kappa shape index (κ1) is 23.6. The highest BCUT2D eigenvalue weighted by Crippen LogP contribution is 2.23. The minimum absolute atomic E-state index is 0.0912. The first-order valence-corrected chi connectivity index (χ1v) is 10.1. The molecule has 2 rings (SSSR count). The molecule has 0 saturated carbocycles. The average molecular weight is 414 g/mol. The highest BCUT2D eigenvalue weighted by molar-refractivity contribution is 5.84. The zero-order valence-electron chi connectivity index (χ0n) is 17.5. The van der Waals surface area contributed by atoms with Crippen LogP contribution in [0.1, 0.15) is 19.4 Å². The fourth-order valence-electron chi connectivity index (χ4n) is 3.09. The van der Waals surface area contributed by atoms with Crippen molar-refractivity contribution in [2.75, 3.05) is 11.9 Å². The van der Waals surface area contributed by atoms with E-state index in [9.17, 15) is 15.0 Å². The van der Waals surface area contributed by atoms with Gasteiger partial charge in [0.15, 0.2) is 0 Å². The van der Waals surface area contributed by atoms with E-state index >= 15 is 0 Å². The lowest BCUT2D eigenvalue weighted by Crippen LogP contribution is -2.41. The number of nitrogens with one attached hydrogen (secondary N) is 1. The van der Waals surface area contributed by atoms with E-state index in [2.05, 4.69) is 11.9 Å². The van der Waals surface area contributed by atoms with Crippen LogP contribution in [0.5, 0.6) is 0 Å². The van der Waals surface area contributed by atoms with Gasteiger partial charge >= 0.3 is 6.09 Å². The molecule has 1 amide bonds. The van der Waals surface area contributed by atoms with E-state index in [1.165, 1.54) is 6.08 Å². The molecule has 6 nitrogen and oxygen atoms in total. The standard InChI is InChI=1S/C24H31NO5/c1-4-22(30-24(28)25-20-13-9-6-10-14-20)18(3)23(27)17(2)21(26)16-29-15-19-11-7-5-8-12-19/h4-14,17-18,21-23,26-27H,1,15-16H2,2-3H3,(H,25,28)/t17-,18-,21+,22-,23+/m0/s1. The van der Waals surface area contributed by atoms with Crippen LogP contribution in [0.15, 0.2) is 73.3 Å². The van der Waals surface area contributed by atoms with Crippen molar-refractivity contribution in [3.05, 3.63) is 78.9 Å². The Labute approximate surface area is 178 Å². The molecule has 0 aliphatic rings. The second kappa shape index (κ2) is 12.1. The Kier molecular flexibility index (Phi) is 9.54. The Morgan fingerprint density at radius 1 is 1.03 bits per heavy atom. The molecule has 30 heavy (non-hydrogen) atoms. The van der Waals surface area contributed by atoms with Gasteiger partial charge in [0.25, 0.3) is 0 Å². The number of rotatable bonds is 11. The molecule has 0 fully saturated rings. The summed E-state index contributed by atoms with van der Waals surface area (Å²) in [7, 11) is 0. The monoisotopic (exact) mass is 413 g/mol. The van der Waals surface area contributed by atoms with Crippen LogP contribution in [0.3, 0.4) is 0 Å². The number of aliphatic hydroxyl groups is 2. The fourth-order valence-corrected chi connectivity index (χ4v) is 3.09. The highest BCUT2D eigenvalue weighted by atomic mass is 16.6. The van der Waals surface area contributed by atoms with Gasteiger partial charge in [-0.3, -0.25) is 5.32 Å². The molecule has 5 atom stereocenters. The summed E-state index contributed by atoms with van der Waals surface area (Å²) < 4.78 is 11.0. The van der Waals surface area contributed by atoms with Gasteiger partial charge in [-0.1, -0.05) is 75.0 Å². The number of carbonyl (C=O) groups is 1. The van der Waals surface area contributed by atoms with Gasteiger partial charge in [-0.05, 0) is 17.7 Å². The number of anilines is 1. The molecule has 0 aliphatic heterocycles. The lowest BCUT2D eigenvalue weighted by Gasteiger charge is -2.31. The second-order valence-electron chi connectivity index (χ2n) is 7.37. The van der Waals surface area contributed by atoms with Gasteiger partial charge in [-0.25, -0.2) is 4.79 Å². The molecule has 0 aromatic heterocycles. The number of ether oxygens (including phenoxy) is 2. The topological polar surface area (TPSA) is 88.0 Å². The highest BCUT2D eigenvalue weighted by Gasteiger charge is 2.32. The Balaban J connectivity index is 1.83. The van der Waals surface area contributed by atoms with Crippen LogP contribution in [0.4, 0.5) is 10.5 Å².